The number of para-hydroxylation sites is 1. The number of halogens is 3. The number of aromatic hydroxyl groups is 2. The van der Waals surface area contributed by atoms with Crippen molar-refractivity contribution in [3.05, 3.63) is 50.4 Å². The van der Waals surface area contributed by atoms with Gasteiger partial charge in [0.15, 0.2) is 5.75 Å². The van der Waals surface area contributed by atoms with E-state index in [0.717, 1.165) is 5.56 Å². The van der Waals surface area contributed by atoms with Gasteiger partial charge in [0.25, 0.3) is 0 Å². The first-order chi connectivity index (χ1) is 8.99. The van der Waals surface area contributed by atoms with Crippen molar-refractivity contribution < 1.29 is 10.2 Å². The Morgan fingerprint density at radius 1 is 1.05 bits per heavy atom. The zero-order valence-corrected chi connectivity index (χ0v) is 12.7. The third-order valence-electron chi connectivity index (χ3n) is 2.57. The first-order valence-electron chi connectivity index (χ1n) is 5.37. The fraction of sp³-hybridized carbons (Fsp3) is 0.0769. The Kier molecular flexibility index (Phi) is 4.45. The second kappa shape index (κ2) is 5.90. The summed E-state index contributed by atoms with van der Waals surface area (Å²) in [5.41, 5.74) is 1.39. The van der Waals surface area contributed by atoms with Crippen LogP contribution in [0.25, 0.3) is 0 Å². The molecule has 100 valence electrons. The van der Waals surface area contributed by atoms with Crippen LogP contribution < -0.4 is 5.32 Å². The highest BCUT2D eigenvalue weighted by Gasteiger charge is 2.08. The minimum absolute atomic E-state index is 0.140. The summed E-state index contributed by atoms with van der Waals surface area (Å²) in [7, 11) is 0. The molecular formula is C13H10BrCl2NO2. The average molecular weight is 363 g/mol. The van der Waals surface area contributed by atoms with Crippen molar-refractivity contribution >= 4 is 44.8 Å². The Labute approximate surface area is 128 Å². The molecule has 0 unspecified atom stereocenters. The van der Waals surface area contributed by atoms with Crippen molar-refractivity contribution in [3.8, 4) is 11.5 Å². The number of anilines is 1. The largest absolute Gasteiger partial charge is 0.506 e. The van der Waals surface area contributed by atoms with Crippen LogP contribution in [0.5, 0.6) is 11.5 Å². The molecule has 3 nitrogen and oxygen atoms in total. The molecule has 0 heterocycles. The van der Waals surface area contributed by atoms with Crippen molar-refractivity contribution in [1.82, 2.24) is 0 Å². The van der Waals surface area contributed by atoms with E-state index < -0.39 is 0 Å². The highest BCUT2D eigenvalue weighted by atomic mass is 79.9. The number of benzene rings is 2. The van der Waals surface area contributed by atoms with Gasteiger partial charge >= 0.3 is 0 Å². The molecule has 0 saturated carbocycles. The lowest BCUT2D eigenvalue weighted by molar-refractivity contribution is 0.465. The van der Waals surface area contributed by atoms with Crippen LogP contribution in [0.1, 0.15) is 5.56 Å². The topological polar surface area (TPSA) is 52.5 Å². The predicted molar refractivity (Wildman–Crippen MR) is 81.3 cm³/mol. The molecule has 3 N–H and O–H groups in total. The molecule has 0 aliphatic carbocycles. The van der Waals surface area contributed by atoms with Crippen LogP contribution in [0.2, 0.25) is 10.0 Å². The van der Waals surface area contributed by atoms with Crippen LogP contribution in [0.3, 0.4) is 0 Å². The second-order valence-electron chi connectivity index (χ2n) is 3.89. The molecule has 0 amide bonds. The zero-order valence-electron chi connectivity index (χ0n) is 9.62. The third-order valence-corrected chi connectivity index (χ3v) is 3.79. The summed E-state index contributed by atoms with van der Waals surface area (Å²) in [5, 5.41) is 22.7. The fourth-order valence-electron chi connectivity index (χ4n) is 1.57. The van der Waals surface area contributed by atoms with Gasteiger partial charge in [0, 0.05) is 17.8 Å². The van der Waals surface area contributed by atoms with Crippen LogP contribution in [0.4, 0.5) is 5.69 Å². The molecule has 6 heteroatoms. The molecule has 2 aromatic carbocycles. The number of hydrogen-bond donors (Lipinski definition) is 3. The molecule has 0 aliphatic heterocycles. The predicted octanol–water partition coefficient (Wildman–Crippen LogP) is 4.78. The molecule has 0 aromatic heterocycles. The van der Waals surface area contributed by atoms with E-state index in [9.17, 15) is 10.2 Å². The second-order valence-corrected chi connectivity index (χ2v) is 5.56. The molecule has 0 atom stereocenters. The smallest absolute Gasteiger partial charge is 0.152 e. The van der Waals surface area contributed by atoms with Gasteiger partial charge in [-0.15, -0.1) is 0 Å². The summed E-state index contributed by atoms with van der Waals surface area (Å²) < 4.78 is 0.633. The van der Waals surface area contributed by atoms with Gasteiger partial charge in [-0.05, 0) is 34.1 Å². The van der Waals surface area contributed by atoms with Crippen LogP contribution in [0, 0.1) is 0 Å². The molecule has 0 bridgehead atoms. The Hall–Kier alpha value is -1.10. The monoisotopic (exact) mass is 361 g/mol. The summed E-state index contributed by atoms with van der Waals surface area (Å²) in [5.74, 6) is 0.0464. The van der Waals surface area contributed by atoms with Gasteiger partial charge in [0.2, 0.25) is 0 Å². The first kappa shape index (κ1) is 14.3. The SMILES string of the molecule is Oc1c(Cl)cc(NCc2cccc(Br)c2O)cc1Cl. The van der Waals surface area contributed by atoms with Gasteiger partial charge in [-0.3, -0.25) is 0 Å². The summed E-state index contributed by atoms with van der Waals surface area (Å²) in [6.07, 6.45) is 0. The quantitative estimate of drug-likeness (QED) is 0.688. The standard InChI is InChI=1S/C13H10BrCl2NO2/c14-9-3-1-2-7(12(9)18)6-17-8-4-10(15)13(19)11(16)5-8/h1-5,17-19H,6H2. The highest BCUT2D eigenvalue weighted by Crippen LogP contribution is 2.35. The maximum absolute atomic E-state index is 9.85. The van der Waals surface area contributed by atoms with Crippen LogP contribution >= 0.6 is 39.1 Å². The van der Waals surface area contributed by atoms with Crippen molar-refractivity contribution in [2.24, 2.45) is 0 Å². The number of hydrogen-bond acceptors (Lipinski definition) is 3. The van der Waals surface area contributed by atoms with Gasteiger partial charge in [0.05, 0.1) is 14.5 Å². The molecule has 0 fully saturated rings. The van der Waals surface area contributed by atoms with Crippen molar-refractivity contribution in [2.75, 3.05) is 5.32 Å². The summed E-state index contributed by atoms with van der Waals surface area (Å²) >= 11 is 14.9. The van der Waals surface area contributed by atoms with E-state index in [0.29, 0.717) is 16.7 Å². The lowest BCUT2D eigenvalue weighted by atomic mass is 10.2. The summed E-state index contributed by atoms with van der Waals surface area (Å²) in [6.45, 7) is 0.405. The zero-order chi connectivity index (χ0) is 14.0. The first-order valence-corrected chi connectivity index (χ1v) is 6.92. The van der Waals surface area contributed by atoms with E-state index >= 15 is 0 Å². The lowest BCUT2D eigenvalue weighted by Gasteiger charge is -2.10. The van der Waals surface area contributed by atoms with E-state index in [1.165, 1.54) is 0 Å². The summed E-state index contributed by atoms with van der Waals surface area (Å²) in [4.78, 5) is 0. The van der Waals surface area contributed by atoms with Gasteiger partial charge < -0.3 is 15.5 Å². The molecule has 0 radical (unpaired) electrons. The Morgan fingerprint density at radius 2 is 1.68 bits per heavy atom. The Morgan fingerprint density at radius 3 is 2.32 bits per heavy atom. The molecular weight excluding hydrogens is 353 g/mol. The Balaban J connectivity index is 2.17. The Bertz CT molecular complexity index is 597. The van der Waals surface area contributed by atoms with Gasteiger partial charge in [0.1, 0.15) is 5.75 Å². The maximum atomic E-state index is 9.85. The van der Waals surface area contributed by atoms with E-state index in [4.69, 9.17) is 23.2 Å². The minimum Gasteiger partial charge on any atom is -0.506 e. The molecule has 0 aliphatic rings. The third kappa shape index (κ3) is 3.26. The molecule has 0 spiro atoms. The molecule has 19 heavy (non-hydrogen) atoms. The average Bonchev–Trinajstić information content (AvgIpc) is 2.37. The van der Waals surface area contributed by atoms with E-state index in [-0.39, 0.29) is 21.5 Å². The van der Waals surface area contributed by atoms with Crippen molar-refractivity contribution in [1.29, 1.82) is 0 Å². The van der Waals surface area contributed by atoms with Crippen molar-refractivity contribution in [3.63, 3.8) is 0 Å². The van der Waals surface area contributed by atoms with Crippen LogP contribution in [-0.4, -0.2) is 10.2 Å². The number of rotatable bonds is 3. The van der Waals surface area contributed by atoms with E-state index in [1.807, 2.05) is 6.07 Å². The number of phenols is 2. The van der Waals surface area contributed by atoms with E-state index in [2.05, 4.69) is 21.2 Å². The minimum atomic E-state index is -0.140. The summed E-state index contributed by atoms with van der Waals surface area (Å²) in [6, 6.07) is 8.52. The fourth-order valence-corrected chi connectivity index (χ4v) is 2.46. The normalized spacial score (nSPS) is 10.5. The molecule has 2 aromatic rings. The highest BCUT2D eigenvalue weighted by molar-refractivity contribution is 9.10. The van der Waals surface area contributed by atoms with Crippen LogP contribution in [0.15, 0.2) is 34.8 Å². The van der Waals surface area contributed by atoms with Gasteiger partial charge in [-0.2, -0.15) is 0 Å². The van der Waals surface area contributed by atoms with Gasteiger partial charge in [-0.25, -0.2) is 0 Å². The van der Waals surface area contributed by atoms with Crippen molar-refractivity contribution in [2.45, 2.75) is 6.54 Å². The number of nitrogens with one attached hydrogen (secondary N) is 1. The van der Waals surface area contributed by atoms with E-state index in [1.54, 1.807) is 24.3 Å². The molecule has 0 saturated heterocycles. The van der Waals surface area contributed by atoms with Gasteiger partial charge in [-0.1, -0.05) is 35.3 Å². The van der Waals surface area contributed by atoms with Crippen LogP contribution in [-0.2, 0) is 6.54 Å². The maximum Gasteiger partial charge on any atom is 0.152 e. The molecule has 2 rings (SSSR count). The number of phenolic OH excluding ortho intramolecular Hbond substituents is 2. The lowest BCUT2D eigenvalue weighted by Crippen LogP contribution is -2.00.